The molecule has 0 saturated heterocycles. The summed E-state index contributed by atoms with van der Waals surface area (Å²) >= 11 is 2.26. The van der Waals surface area contributed by atoms with Crippen LogP contribution in [0.2, 0.25) is 0 Å². The van der Waals surface area contributed by atoms with Gasteiger partial charge in [0.05, 0.1) is 5.70 Å². The molecule has 1 fully saturated rings. The normalized spacial score (nSPS) is 24.3. The van der Waals surface area contributed by atoms with Crippen molar-refractivity contribution in [3.63, 3.8) is 0 Å². The van der Waals surface area contributed by atoms with Gasteiger partial charge in [0.1, 0.15) is 11.7 Å². The van der Waals surface area contributed by atoms with Crippen LogP contribution in [0.25, 0.3) is 0 Å². The first-order valence-electron chi connectivity index (χ1n) is 8.06. The van der Waals surface area contributed by atoms with Crippen LogP contribution in [0, 0.1) is 3.57 Å². The molecule has 1 unspecified atom stereocenters. The number of Topliss-reactive ketones (excluding diaryl/α,β-unsaturated/α-hetero) is 2. The Labute approximate surface area is 148 Å². The van der Waals surface area contributed by atoms with E-state index in [4.69, 9.17) is 4.99 Å². The van der Waals surface area contributed by atoms with E-state index in [0.717, 1.165) is 46.3 Å². The summed E-state index contributed by atoms with van der Waals surface area (Å²) < 4.78 is 1.10. The van der Waals surface area contributed by atoms with E-state index in [1.165, 1.54) is 0 Å². The molecule has 0 N–H and O–H groups in total. The number of carbonyl (C=O) groups excluding carboxylic acids is 2. The maximum absolute atomic E-state index is 12.6. The van der Waals surface area contributed by atoms with E-state index in [1.54, 1.807) is 0 Å². The van der Waals surface area contributed by atoms with E-state index in [1.807, 2.05) is 29.2 Å². The third kappa shape index (κ3) is 2.55. The van der Waals surface area contributed by atoms with Gasteiger partial charge in [-0.2, -0.15) is 0 Å². The van der Waals surface area contributed by atoms with Crippen LogP contribution in [0.3, 0.4) is 0 Å². The number of fused-ring (bicyclic) bond motifs is 1. The summed E-state index contributed by atoms with van der Waals surface area (Å²) in [7, 11) is 0. The number of rotatable bonds is 1. The highest BCUT2D eigenvalue weighted by Crippen LogP contribution is 2.38. The molecule has 3 aliphatic rings. The summed E-state index contributed by atoms with van der Waals surface area (Å²) in [6.07, 6.45) is 4.51. The number of nitrogens with zero attached hydrogens (tertiary/aromatic N) is 2. The number of hydrogen-bond acceptors (Lipinski definition) is 4. The zero-order chi connectivity index (χ0) is 16.0. The average Bonchev–Trinajstić information content (AvgIpc) is 2.53. The summed E-state index contributed by atoms with van der Waals surface area (Å²) in [4.78, 5) is 31.9. The van der Waals surface area contributed by atoms with Crippen molar-refractivity contribution in [2.45, 2.75) is 44.6 Å². The van der Waals surface area contributed by atoms with E-state index < -0.39 is 0 Å². The molecular weight excluding hydrogens is 403 g/mol. The highest BCUT2D eigenvalue weighted by atomic mass is 127. The first-order valence-corrected chi connectivity index (χ1v) is 9.14. The molecule has 1 aliphatic heterocycles. The minimum atomic E-state index is -0.386. The van der Waals surface area contributed by atoms with E-state index >= 15 is 0 Å². The van der Waals surface area contributed by atoms with Gasteiger partial charge in [0.15, 0.2) is 11.6 Å². The van der Waals surface area contributed by atoms with Crippen LogP contribution in [0.5, 0.6) is 0 Å². The number of halogens is 1. The second-order valence-corrected chi connectivity index (χ2v) is 7.49. The summed E-state index contributed by atoms with van der Waals surface area (Å²) in [6, 6.07) is 7.63. The van der Waals surface area contributed by atoms with E-state index in [-0.39, 0.29) is 17.6 Å². The maximum Gasteiger partial charge on any atom is 0.181 e. The van der Waals surface area contributed by atoms with Crippen LogP contribution in [0.4, 0.5) is 5.69 Å². The number of benzene rings is 1. The highest BCUT2D eigenvalue weighted by molar-refractivity contribution is 14.1. The quantitative estimate of drug-likeness (QED) is 0.652. The fourth-order valence-corrected chi connectivity index (χ4v) is 4.24. The van der Waals surface area contributed by atoms with Crippen molar-refractivity contribution in [2.75, 3.05) is 4.90 Å². The Kier molecular flexibility index (Phi) is 3.83. The molecule has 4 nitrogen and oxygen atoms in total. The predicted molar refractivity (Wildman–Crippen MR) is 97.6 cm³/mol. The van der Waals surface area contributed by atoms with Crippen molar-refractivity contribution in [3.05, 3.63) is 39.2 Å². The van der Waals surface area contributed by atoms with Crippen molar-refractivity contribution in [2.24, 2.45) is 4.99 Å². The standard InChI is InChI=1S/C18H17IN2O2/c19-11-4-1-5-12(10-11)21-17-13(6-2-8-15(17)22)20-14-7-3-9-16(23)18(14)21/h1,4-5,10,17H,2-3,6-9H2. The molecule has 1 saturated carbocycles. The van der Waals surface area contributed by atoms with Crippen molar-refractivity contribution in [1.82, 2.24) is 0 Å². The van der Waals surface area contributed by atoms with Gasteiger partial charge < -0.3 is 4.90 Å². The van der Waals surface area contributed by atoms with Gasteiger partial charge in [-0.3, -0.25) is 14.6 Å². The summed E-state index contributed by atoms with van der Waals surface area (Å²) in [6.45, 7) is 0. The molecule has 0 radical (unpaired) electrons. The zero-order valence-electron chi connectivity index (χ0n) is 12.7. The van der Waals surface area contributed by atoms with Gasteiger partial charge >= 0.3 is 0 Å². The Morgan fingerprint density at radius 1 is 1.09 bits per heavy atom. The third-order valence-corrected chi connectivity index (χ3v) is 5.37. The van der Waals surface area contributed by atoms with E-state index in [9.17, 15) is 9.59 Å². The number of ketones is 2. The fraction of sp³-hybridized carbons (Fsp3) is 0.389. The van der Waals surface area contributed by atoms with Gasteiger partial charge in [0.2, 0.25) is 0 Å². The first kappa shape index (κ1) is 15.1. The molecule has 0 aromatic heterocycles. The monoisotopic (exact) mass is 420 g/mol. The van der Waals surface area contributed by atoms with Gasteiger partial charge in [-0.25, -0.2) is 0 Å². The van der Waals surface area contributed by atoms with Gasteiger partial charge in [-0.05, 0) is 66.5 Å². The maximum atomic E-state index is 12.6. The molecular formula is C18H17IN2O2. The molecule has 5 heteroatoms. The Bertz CT molecular complexity index is 766. The summed E-state index contributed by atoms with van der Waals surface area (Å²) in [5, 5.41) is 0. The number of allylic oxidation sites excluding steroid dienone is 2. The van der Waals surface area contributed by atoms with Crippen LogP contribution < -0.4 is 4.90 Å². The fourth-order valence-electron chi connectivity index (χ4n) is 3.72. The smallest absolute Gasteiger partial charge is 0.181 e. The number of carbonyl (C=O) groups is 2. The summed E-state index contributed by atoms with van der Waals surface area (Å²) in [5.74, 6) is 0.296. The van der Waals surface area contributed by atoms with Crippen LogP contribution in [0.15, 0.2) is 40.7 Å². The Morgan fingerprint density at radius 3 is 2.74 bits per heavy atom. The molecule has 0 bridgehead atoms. The Hall–Kier alpha value is -1.50. The van der Waals surface area contributed by atoms with Crippen molar-refractivity contribution in [3.8, 4) is 0 Å². The predicted octanol–water partition coefficient (Wildman–Crippen LogP) is 3.64. The second kappa shape index (κ2) is 5.85. The number of hydrogen-bond donors (Lipinski definition) is 0. The first-order chi connectivity index (χ1) is 11.1. The van der Waals surface area contributed by atoms with Gasteiger partial charge in [-0.1, -0.05) is 6.07 Å². The Morgan fingerprint density at radius 2 is 1.91 bits per heavy atom. The van der Waals surface area contributed by atoms with Crippen molar-refractivity contribution < 1.29 is 9.59 Å². The molecule has 23 heavy (non-hydrogen) atoms. The van der Waals surface area contributed by atoms with Crippen LogP contribution in [-0.4, -0.2) is 23.3 Å². The van der Waals surface area contributed by atoms with Crippen LogP contribution >= 0.6 is 22.6 Å². The lowest BCUT2D eigenvalue weighted by Gasteiger charge is -2.41. The second-order valence-electron chi connectivity index (χ2n) is 6.25. The molecule has 1 aromatic rings. The minimum Gasteiger partial charge on any atom is -0.321 e. The SMILES string of the molecule is O=C1CCCC2=C1N(c1cccc(I)c1)C1C(=O)CCCC1=N2. The topological polar surface area (TPSA) is 49.7 Å². The Balaban J connectivity index is 1.91. The van der Waals surface area contributed by atoms with Crippen LogP contribution in [0.1, 0.15) is 38.5 Å². The average molecular weight is 420 g/mol. The summed E-state index contributed by atoms with van der Waals surface area (Å²) in [5.41, 5.74) is 3.39. The lowest BCUT2D eigenvalue weighted by molar-refractivity contribution is -0.119. The van der Waals surface area contributed by atoms with Crippen LogP contribution in [-0.2, 0) is 9.59 Å². The molecule has 2 aliphatic carbocycles. The molecule has 0 amide bonds. The highest BCUT2D eigenvalue weighted by Gasteiger charge is 2.42. The van der Waals surface area contributed by atoms with Gasteiger partial charge in [-0.15, -0.1) is 0 Å². The molecule has 4 rings (SSSR count). The molecule has 0 spiro atoms. The molecule has 1 heterocycles. The molecule has 1 aromatic carbocycles. The van der Waals surface area contributed by atoms with Crippen molar-refractivity contribution >= 4 is 45.6 Å². The third-order valence-electron chi connectivity index (χ3n) is 4.70. The largest absolute Gasteiger partial charge is 0.321 e. The minimum absolute atomic E-state index is 0.117. The van der Waals surface area contributed by atoms with Crippen molar-refractivity contribution in [1.29, 1.82) is 0 Å². The lowest BCUT2D eigenvalue weighted by atomic mass is 9.86. The van der Waals surface area contributed by atoms with Gasteiger partial charge in [0.25, 0.3) is 0 Å². The number of anilines is 1. The van der Waals surface area contributed by atoms with E-state index in [2.05, 4.69) is 22.6 Å². The lowest BCUT2D eigenvalue weighted by Crippen LogP contribution is -2.52. The number of aliphatic imine (C=N–C) groups is 1. The molecule has 1 atom stereocenters. The van der Waals surface area contributed by atoms with E-state index in [0.29, 0.717) is 18.5 Å². The van der Waals surface area contributed by atoms with Gasteiger partial charge in [0, 0.05) is 27.8 Å². The molecule has 118 valence electrons. The zero-order valence-corrected chi connectivity index (χ0v) is 14.9.